The number of thioether (sulfide) groups is 1. The van der Waals surface area contributed by atoms with Gasteiger partial charge >= 0.3 is 0 Å². The molecule has 0 aliphatic heterocycles. The number of hydrogen-bond acceptors (Lipinski definition) is 5. The third-order valence-electron chi connectivity index (χ3n) is 4.26. The Hall–Kier alpha value is -2.15. The standard InChI is InChI=1S/C19H25N5OS/c1-4-8-13(3)20-16(25)12-26-19-21-18-17(22-23-19)14-9-6-7-10-15(14)24(18)11-5-2/h6-7,9-10,13H,4-5,8,11-12H2,1-3H3,(H,20,25). The Morgan fingerprint density at radius 3 is 2.81 bits per heavy atom. The molecule has 0 radical (unpaired) electrons. The van der Waals surface area contributed by atoms with Crippen LogP contribution in [0.25, 0.3) is 22.1 Å². The highest BCUT2D eigenvalue weighted by molar-refractivity contribution is 7.99. The van der Waals surface area contributed by atoms with Crippen LogP contribution >= 0.6 is 11.8 Å². The van der Waals surface area contributed by atoms with Crippen LogP contribution in [0.2, 0.25) is 0 Å². The number of nitrogens with zero attached hydrogens (tertiary/aromatic N) is 4. The van der Waals surface area contributed by atoms with E-state index in [0.717, 1.165) is 47.9 Å². The molecule has 1 aromatic carbocycles. The van der Waals surface area contributed by atoms with Crippen molar-refractivity contribution < 1.29 is 4.79 Å². The van der Waals surface area contributed by atoms with E-state index in [4.69, 9.17) is 4.98 Å². The molecule has 2 heterocycles. The van der Waals surface area contributed by atoms with Crippen LogP contribution in [0, 0.1) is 0 Å². The summed E-state index contributed by atoms with van der Waals surface area (Å²) < 4.78 is 2.19. The second kappa shape index (κ2) is 8.49. The predicted molar refractivity (Wildman–Crippen MR) is 106 cm³/mol. The minimum atomic E-state index is 0.00810. The second-order valence-electron chi connectivity index (χ2n) is 6.48. The molecule has 0 aliphatic rings. The van der Waals surface area contributed by atoms with Crippen molar-refractivity contribution in [1.82, 2.24) is 25.1 Å². The average Bonchev–Trinajstić information content (AvgIpc) is 2.94. The van der Waals surface area contributed by atoms with Gasteiger partial charge in [-0.15, -0.1) is 10.2 Å². The van der Waals surface area contributed by atoms with E-state index in [-0.39, 0.29) is 11.9 Å². The van der Waals surface area contributed by atoms with Gasteiger partial charge in [0.25, 0.3) is 0 Å². The molecule has 0 saturated carbocycles. The molecular weight excluding hydrogens is 346 g/mol. The first-order chi connectivity index (χ1) is 12.6. The van der Waals surface area contributed by atoms with Crippen LogP contribution in [0.1, 0.15) is 40.0 Å². The average molecular weight is 372 g/mol. The topological polar surface area (TPSA) is 72.7 Å². The third-order valence-corrected chi connectivity index (χ3v) is 5.10. The fourth-order valence-corrected chi connectivity index (χ4v) is 3.75. The Kier molecular flexibility index (Phi) is 6.08. The van der Waals surface area contributed by atoms with Crippen molar-refractivity contribution in [3.63, 3.8) is 0 Å². The predicted octanol–water partition coefficient (Wildman–Crippen LogP) is 3.79. The largest absolute Gasteiger partial charge is 0.353 e. The van der Waals surface area contributed by atoms with Gasteiger partial charge in [-0.25, -0.2) is 4.98 Å². The van der Waals surface area contributed by atoms with Crippen LogP contribution in [-0.4, -0.2) is 37.5 Å². The zero-order valence-electron chi connectivity index (χ0n) is 15.5. The van der Waals surface area contributed by atoms with Crippen molar-refractivity contribution in [3.05, 3.63) is 24.3 Å². The van der Waals surface area contributed by atoms with Crippen LogP contribution < -0.4 is 5.32 Å². The summed E-state index contributed by atoms with van der Waals surface area (Å²) in [4.78, 5) is 16.8. The van der Waals surface area contributed by atoms with Gasteiger partial charge in [0.05, 0.1) is 11.3 Å². The number of rotatable bonds is 8. The van der Waals surface area contributed by atoms with Gasteiger partial charge in [0.15, 0.2) is 5.65 Å². The van der Waals surface area contributed by atoms with Crippen LogP contribution in [-0.2, 0) is 11.3 Å². The lowest BCUT2D eigenvalue weighted by molar-refractivity contribution is -0.119. The van der Waals surface area contributed by atoms with Crippen LogP contribution in [0.3, 0.4) is 0 Å². The zero-order chi connectivity index (χ0) is 18.5. The summed E-state index contributed by atoms with van der Waals surface area (Å²) in [6.45, 7) is 7.16. The first kappa shape index (κ1) is 18.6. The first-order valence-corrected chi connectivity index (χ1v) is 10.2. The van der Waals surface area contributed by atoms with Gasteiger partial charge in [-0.3, -0.25) is 4.79 Å². The maximum Gasteiger partial charge on any atom is 0.230 e. The molecular formula is C19H25N5OS. The van der Waals surface area contributed by atoms with Crippen molar-refractivity contribution in [3.8, 4) is 0 Å². The molecule has 1 N–H and O–H groups in total. The second-order valence-corrected chi connectivity index (χ2v) is 7.42. The summed E-state index contributed by atoms with van der Waals surface area (Å²) in [6.07, 6.45) is 3.05. The molecule has 0 bridgehead atoms. The Balaban J connectivity index is 1.81. The Morgan fingerprint density at radius 1 is 1.23 bits per heavy atom. The number of aromatic nitrogens is 4. The van der Waals surface area contributed by atoms with Crippen LogP contribution in [0.4, 0.5) is 0 Å². The van der Waals surface area contributed by atoms with Gasteiger partial charge in [0, 0.05) is 18.0 Å². The van der Waals surface area contributed by atoms with Gasteiger partial charge in [-0.05, 0) is 25.8 Å². The number of nitrogens with one attached hydrogen (secondary N) is 1. The highest BCUT2D eigenvalue weighted by Crippen LogP contribution is 2.27. The molecule has 2 aromatic heterocycles. The van der Waals surface area contributed by atoms with Crippen LogP contribution in [0.15, 0.2) is 29.4 Å². The lowest BCUT2D eigenvalue weighted by Crippen LogP contribution is -2.33. The summed E-state index contributed by atoms with van der Waals surface area (Å²) in [6, 6.07) is 8.36. The zero-order valence-corrected chi connectivity index (χ0v) is 16.3. The summed E-state index contributed by atoms with van der Waals surface area (Å²) in [7, 11) is 0. The molecule has 1 amide bonds. The van der Waals surface area contributed by atoms with Gasteiger partial charge in [0.1, 0.15) is 5.52 Å². The molecule has 0 spiro atoms. The van der Waals surface area contributed by atoms with Crippen molar-refractivity contribution in [1.29, 1.82) is 0 Å². The molecule has 0 fully saturated rings. The van der Waals surface area contributed by atoms with Gasteiger partial charge in [-0.2, -0.15) is 0 Å². The highest BCUT2D eigenvalue weighted by Gasteiger charge is 2.15. The monoisotopic (exact) mass is 371 g/mol. The van der Waals surface area contributed by atoms with Crippen molar-refractivity contribution in [2.24, 2.45) is 0 Å². The number of fused-ring (bicyclic) bond motifs is 3. The molecule has 138 valence electrons. The Labute approximate surface area is 157 Å². The minimum absolute atomic E-state index is 0.00810. The fourth-order valence-electron chi connectivity index (χ4n) is 3.15. The molecule has 0 aliphatic carbocycles. The molecule has 6 nitrogen and oxygen atoms in total. The molecule has 3 aromatic rings. The van der Waals surface area contributed by atoms with E-state index in [9.17, 15) is 4.79 Å². The quantitative estimate of drug-likeness (QED) is 0.610. The Bertz CT molecular complexity index is 907. The van der Waals surface area contributed by atoms with Gasteiger partial charge in [0.2, 0.25) is 11.1 Å². The van der Waals surface area contributed by atoms with E-state index in [2.05, 4.69) is 46.1 Å². The minimum Gasteiger partial charge on any atom is -0.353 e. The van der Waals surface area contributed by atoms with E-state index >= 15 is 0 Å². The van der Waals surface area contributed by atoms with E-state index in [1.807, 2.05) is 19.1 Å². The van der Waals surface area contributed by atoms with Gasteiger partial charge in [-0.1, -0.05) is 50.2 Å². The lowest BCUT2D eigenvalue weighted by Gasteiger charge is -2.12. The Morgan fingerprint density at radius 2 is 2.04 bits per heavy atom. The number of benzene rings is 1. The molecule has 1 unspecified atom stereocenters. The number of amides is 1. The van der Waals surface area contributed by atoms with Crippen molar-refractivity contribution >= 4 is 39.7 Å². The van der Waals surface area contributed by atoms with Crippen LogP contribution in [0.5, 0.6) is 0 Å². The van der Waals surface area contributed by atoms with Gasteiger partial charge < -0.3 is 9.88 Å². The van der Waals surface area contributed by atoms with E-state index in [0.29, 0.717) is 10.9 Å². The number of carbonyl (C=O) groups excluding carboxylic acids is 1. The number of aryl methyl sites for hydroxylation is 1. The third kappa shape index (κ3) is 3.98. The summed E-state index contributed by atoms with van der Waals surface area (Å²) in [5.41, 5.74) is 2.78. The normalized spacial score (nSPS) is 12.6. The number of hydrogen-bond donors (Lipinski definition) is 1. The number of carbonyl (C=O) groups is 1. The molecule has 3 rings (SSSR count). The summed E-state index contributed by atoms with van der Waals surface area (Å²) in [5, 5.41) is 13.2. The molecule has 0 saturated heterocycles. The molecule has 1 atom stereocenters. The fraction of sp³-hybridized carbons (Fsp3) is 0.474. The number of para-hydroxylation sites is 1. The van der Waals surface area contributed by atoms with E-state index < -0.39 is 0 Å². The molecule has 26 heavy (non-hydrogen) atoms. The SMILES string of the molecule is CCCC(C)NC(=O)CSc1nnc2c3ccccc3n(CCC)c2n1. The maximum atomic E-state index is 12.1. The van der Waals surface area contributed by atoms with E-state index in [1.165, 1.54) is 11.8 Å². The highest BCUT2D eigenvalue weighted by atomic mass is 32.2. The van der Waals surface area contributed by atoms with Crippen molar-refractivity contribution in [2.75, 3.05) is 5.75 Å². The van der Waals surface area contributed by atoms with E-state index in [1.54, 1.807) is 0 Å². The summed E-state index contributed by atoms with van der Waals surface area (Å²) >= 11 is 1.33. The summed E-state index contributed by atoms with van der Waals surface area (Å²) in [5.74, 6) is 0.309. The molecule has 7 heteroatoms. The lowest BCUT2D eigenvalue weighted by atomic mass is 10.2. The smallest absolute Gasteiger partial charge is 0.230 e. The van der Waals surface area contributed by atoms with Crippen molar-refractivity contribution in [2.45, 2.75) is 57.8 Å². The first-order valence-electron chi connectivity index (χ1n) is 9.17. The maximum absolute atomic E-state index is 12.1.